The minimum Gasteiger partial charge on any atom is -0.236 e. The summed E-state index contributed by atoms with van der Waals surface area (Å²) in [6, 6.07) is 0. The van der Waals surface area contributed by atoms with Gasteiger partial charge in [-0.15, -0.1) is 0 Å². The van der Waals surface area contributed by atoms with Crippen LogP contribution in [0.3, 0.4) is 0 Å². The van der Waals surface area contributed by atoms with Gasteiger partial charge in [0.2, 0.25) is 0 Å². The predicted molar refractivity (Wildman–Crippen MR) is 41.7 cm³/mol. The topological polar surface area (TPSA) is 18.5 Å². The van der Waals surface area contributed by atoms with Crippen molar-refractivity contribution in [2.75, 3.05) is 6.61 Å². The molecule has 0 bridgehead atoms. The summed E-state index contributed by atoms with van der Waals surface area (Å²) >= 11 is 0. The van der Waals surface area contributed by atoms with E-state index < -0.39 is 0 Å². The van der Waals surface area contributed by atoms with Crippen LogP contribution < -0.4 is 0 Å². The molecule has 0 heterocycles. The van der Waals surface area contributed by atoms with Crippen molar-refractivity contribution >= 4 is 0 Å². The third-order valence-electron chi connectivity index (χ3n) is 1.42. The molecule has 0 aromatic carbocycles. The average Bonchev–Trinajstić information content (AvgIpc) is 1.89. The van der Waals surface area contributed by atoms with E-state index in [1.807, 2.05) is 13.8 Å². The van der Waals surface area contributed by atoms with E-state index in [9.17, 15) is 0 Å². The molecule has 0 spiro atoms. The molecule has 2 nitrogen and oxygen atoms in total. The van der Waals surface area contributed by atoms with E-state index in [-0.39, 0.29) is 5.60 Å². The van der Waals surface area contributed by atoms with Gasteiger partial charge >= 0.3 is 0 Å². The summed E-state index contributed by atoms with van der Waals surface area (Å²) in [7, 11) is 0. The quantitative estimate of drug-likeness (QED) is 0.337. The van der Waals surface area contributed by atoms with Gasteiger partial charge in [0, 0.05) is 0 Å². The van der Waals surface area contributed by atoms with Crippen LogP contribution in [0.25, 0.3) is 0 Å². The molecule has 10 heavy (non-hydrogen) atoms. The first-order valence-electron chi connectivity index (χ1n) is 3.93. The Morgan fingerprint density at radius 1 is 1.20 bits per heavy atom. The molecule has 0 unspecified atom stereocenters. The fourth-order valence-corrected chi connectivity index (χ4v) is 0.343. The molecule has 0 N–H and O–H groups in total. The number of hydrogen-bond donors (Lipinski definition) is 0. The van der Waals surface area contributed by atoms with Gasteiger partial charge in [0.05, 0.1) is 12.2 Å². The van der Waals surface area contributed by atoms with E-state index in [2.05, 4.69) is 13.8 Å². The Kier molecular flexibility index (Phi) is 4.65. The number of rotatable bonds is 5. The highest BCUT2D eigenvalue weighted by Crippen LogP contribution is 2.13. The summed E-state index contributed by atoms with van der Waals surface area (Å²) in [5.74, 6) is 0. The Morgan fingerprint density at radius 2 is 1.80 bits per heavy atom. The molecular weight excluding hydrogens is 128 g/mol. The van der Waals surface area contributed by atoms with Gasteiger partial charge in [0.25, 0.3) is 0 Å². The molecule has 0 aliphatic rings. The van der Waals surface area contributed by atoms with Crippen LogP contribution >= 0.6 is 0 Å². The van der Waals surface area contributed by atoms with Crippen LogP contribution in [-0.4, -0.2) is 12.2 Å². The maximum atomic E-state index is 5.12. The lowest BCUT2D eigenvalue weighted by Crippen LogP contribution is -2.23. The van der Waals surface area contributed by atoms with Gasteiger partial charge in [0.15, 0.2) is 0 Å². The summed E-state index contributed by atoms with van der Waals surface area (Å²) in [4.78, 5) is 10.1. The molecule has 0 saturated carbocycles. The van der Waals surface area contributed by atoms with Gasteiger partial charge in [-0.1, -0.05) is 13.8 Å². The van der Waals surface area contributed by atoms with Crippen LogP contribution in [0.1, 0.15) is 40.5 Å². The monoisotopic (exact) mass is 146 g/mol. The van der Waals surface area contributed by atoms with Crippen LogP contribution in [0.15, 0.2) is 0 Å². The Hall–Kier alpha value is -0.0800. The Labute approximate surface area is 63.5 Å². The smallest absolute Gasteiger partial charge is 0.0977 e. The first kappa shape index (κ1) is 9.92. The molecule has 0 atom stereocenters. The first-order chi connectivity index (χ1) is 4.62. The zero-order chi connectivity index (χ0) is 8.04. The third-order valence-corrected chi connectivity index (χ3v) is 1.42. The fourth-order valence-electron chi connectivity index (χ4n) is 0.343. The van der Waals surface area contributed by atoms with Crippen molar-refractivity contribution in [3.63, 3.8) is 0 Å². The normalized spacial score (nSPS) is 12.0. The highest BCUT2D eigenvalue weighted by atomic mass is 17.2. The standard InChI is InChI=1S/C8H18O2/c1-5-7-9-10-8(3,4)6-2/h5-7H2,1-4H3. The van der Waals surface area contributed by atoms with Crippen molar-refractivity contribution in [1.82, 2.24) is 0 Å². The molecule has 0 aromatic heterocycles. The van der Waals surface area contributed by atoms with E-state index in [1.54, 1.807) is 0 Å². The van der Waals surface area contributed by atoms with E-state index in [4.69, 9.17) is 9.78 Å². The van der Waals surface area contributed by atoms with Crippen molar-refractivity contribution in [1.29, 1.82) is 0 Å². The van der Waals surface area contributed by atoms with Gasteiger partial charge in [-0.05, 0) is 26.7 Å². The van der Waals surface area contributed by atoms with Crippen LogP contribution in [0, 0.1) is 0 Å². The second kappa shape index (κ2) is 4.69. The Balaban J connectivity index is 3.28. The average molecular weight is 146 g/mol. The van der Waals surface area contributed by atoms with Gasteiger partial charge < -0.3 is 0 Å². The maximum absolute atomic E-state index is 5.12. The van der Waals surface area contributed by atoms with Crippen molar-refractivity contribution in [3.8, 4) is 0 Å². The molecule has 0 aromatic rings. The second-order valence-electron chi connectivity index (χ2n) is 3.02. The van der Waals surface area contributed by atoms with E-state index in [1.165, 1.54) is 0 Å². The Morgan fingerprint density at radius 3 is 2.20 bits per heavy atom. The van der Waals surface area contributed by atoms with Gasteiger partial charge in [-0.25, -0.2) is 9.78 Å². The summed E-state index contributed by atoms with van der Waals surface area (Å²) in [6.07, 6.45) is 1.97. The number of hydrogen-bond acceptors (Lipinski definition) is 2. The minimum atomic E-state index is -0.130. The van der Waals surface area contributed by atoms with Gasteiger partial charge in [-0.3, -0.25) is 0 Å². The summed E-state index contributed by atoms with van der Waals surface area (Å²) < 4.78 is 0. The molecule has 0 aliphatic heterocycles. The van der Waals surface area contributed by atoms with E-state index >= 15 is 0 Å². The van der Waals surface area contributed by atoms with Crippen LogP contribution in [0.5, 0.6) is 0 Å². The molecule has 0 aliphatic carbocycles. The van der Waals surface area contributed by atoms with Crippen LogP contribution in [-0.2, 0) is 9.78 Å². The van der Waals surface area contributed by atoms with Crippen molar-refractivity contribution in [3.05, 3.63) is 0 Å². The molecule has 0 saturated heterocycles. The highest BCUT2D eigenvalue weighted by molar-refractivity contribution is 4.61. The second-order valence-corrected chi connectivity index (χ2v) is 3.02. The van der Waals surface area contributed by atoms with Crippen molar-refractivity contribution < 1.29 is 9.78 Å². The summed E-state index contributed by atoms with van der Waals surface area (Å²) in [6.45, 7) is 8.85. The van der Waals surface area contributed by atoms with E-state index in [0.29, 0.717) is 6.61 Å². The predicted octanol–water partition coefficient (Wildman–Crippen LogP) is 2.53. The fraction of sp³-hybridized carbons (Fsp3) is 1.00. The van der Waals surface area contributed by atoms with Crippen LogP contribution in [0.2, 0.25) is 0 Å². The first-order valence-corrected chi connectivity index (χ1v) is 3.93. The van der Waals surface area contributed by atoms with Crippen molar-refractivity contribution in [2.24, 2.45) is 0 Å². The molecule has 0 radical (unpaired) electrons. The van der Waals surface area contributed by atoms with Crippen molar-refractivity contribution in [2.45, 2.75) is 46.1 Å². The van der Waals surface area contributed by atoms with Gasteiger partial charge in [-0.2, -0.15) is 0 Å². The molecule has 0 rings (SSSR count). The lowest BCUT2D eigenvalue weighted by molar-refractivity contribution is -0.353. The maximum Gasteiger partial charge on any atom is 0.0977 e. The van der Waals surface area contributed by atoms with E-state index in [0.717, 1.165) is 12.8 Å². The molecule has 62 valence electrons. The zero-order valence-electron chi connectivity index (χ0n) is 7.44. The summed E-state index contributed by atoms with van der Waals surface area (Å²) in [5.41, 5.74) is -0.130. The minimum absolute atomic E-state index is 0.130. The summed E-state index contributed by atoms with van der Waals surface area (Å²) in [5, 5.41) is 0. The third kappa shape index (κ3) is 4.77. The van der Waals surface area contributed by atoms with Crippen LogP contribution in [0.4, 0.5) is 0 Å². The highest BCUT2D eigenvalue weighted by Gasteiger charge is 2.15. The largest absolute Gasteiger partial charge is 0.236 e. The lowest BCUT2D eigenvalue weighted by atomic mass is 10.1. The molecule has 0 amide bonds. The molecule has 2 heteroatoms. The Bertz CT molecular complexity index is 79.3. The zero-order valence-corrected chi connectivity index (χ0v) is 7.44. The lowest BCUT2D eigenvalue weighted by Gasteiger charge is -2.20. The molecular formula is C8H18O2. The SMILES string of the molecule is CCCOOC(C)(C)CC. The van der Waals surface area contributed by atoms with Gasteiger partial charge in [0.1, 0.15) is 0 Å². The molecule has 0 fully saturated rings.